The fourth-order valence-electron chi connectivity index (χ4n) is 3.19. The highest BCUT2D eigenvalue weighted by molar-refractivity contribution is 5.91. The Kier molecular flexibility index (Phi) is 10.3. The van der Waals surface area contributed by atoms with E-state index in [1.807, 2.05) is 0 Å². The van der Waals surface area contributed by atoms with E-state index in [2.05, 4.69) is 19.7 Å². The van der Waals surface area contributed by atoms with E-state index in [4.69, 9.17) is 23.7 Å². The summed E-state index contributed by atoms with van der Waals surface area (Å²) >= 11 is 0. The molecule has 0 aliphatic rings. The van der Waals surface area contributed by atoms with Crippen molar-refractivity contribution >= 4 is 17.9 Å². The number of hydrogen-bond donors (Lipinski definition) is 0. The lowest BCUT2D eigenvalue weighted by molar-refractivity contribution is -0.132. The first-order chi connectivity index (χ1) is 19.9. The van der Waals surface area contributed by atoms with Gasteiger partial charge in [0.2, 0.25) is 5.82 Å². The van der Waals surface area contributed by atoms with Gasteiger partial charge in [-0.1, -0.05) is 31.9 Å². The van der Waals surface area contributed by atoms with Gasteiger partial charge in [-0.3, -0.25) is 0 Å². The molecule has 0 heterocycles. The van der Waals surface area contributed by atoms with Gasteiger partial charge in [-0.15, -0.1) is 0 Å². The molecule has 3 aromatic rings. The van der Waals surface area contributed by atoms with Gasteiger partial charge in [-0.05, 0) is 62.7 Å². The van der Waals surface area contributed by atoms with Crippen molar-refractivity contribution in [3.05, 3.63) is 103 Å². The Hall–Kier alpha value is -5.25. The van der Waals surface area contributed by atoms with Crippen LogP contribution < -0.4 is 23.7 Å². The zero-order valence-corrected chi connectivity index (χ0v) is 23.3. The normalized spacial score (nSPS) is 10.3. The minimum atomic E-state index is -1.19. The Morgan fingerprint density at radius 1 is 0.595 bits per heavy atom. The molecule has 0 aliphatic carbocycles. The van der Waals surface area contributed by atoms with Crippen molar-refractivity contribution in [1.82, 2.24) is 0 Å². The van der Waals surface area contributed by atoms with Gasteiger partial charge in [-0.2, -0.15) is 4.39 Å². The number of carbonyl (C=O) groups is 3. The lowest BCUT2D eigenvalue weighted by atomic mass is 10.0. The third kappa shape index (κ3) is 8.14. The second kappa shape index (κ2) is 13.9. The van der Waals surface area contributed by atoms with E-state index in [0.717, 1.165) is 0 Å². The lowest BCUT2D eigenvalue weighted by Crippen LogP contribution is -2.13. The molecule has 0 radical (unpaired) electrons. The number of carbonyl (C=O) groups excluding carboxylic acids is 3. The van der Waals surface area contributed by atoms with Crippen LogP contribution in [0.5, 0.6) is 28.7 Å². The molecule has 0 fully saturated rings. The number of benzene rings is 3. The summed E-state index contributed by atoms with van der Waals surface area (Å²) in [6.07, 6.45) is 0. The number of halogens is 2. The van der Waals surface area contributed by atoms with Crippen molar-refractivity contribution in [2.75, 3.05) is 13.2 Å². The highest BCUT2D eigenvalue weighted by Crippen LogP contribution is 2.33. The monoisotopic (exact) mass is 578 g/mol. The predicted octanol–water partition coefficient (Wildman–Crippen LogP) is 6.53. The van der Waals surface area contributed by atoms with Crippen LogP contribution in [0.2, 0.25) is 0 Å². The van der Waals surface area contributed by atoms with Crippen LogP contribution in [0.1, 0.15) is 20.8 Å². The largest absolute Gasteiger partial charge is 0.490 e. The quantitative estimate of drug-likeness (QED) is 0.104. The maximum absolute atomic E-state index is 14.8. The van der Waals surface area contributed by atoms with Crippen LogP contribution in [0.25, 0.3) is 11.1 Å². The van der Waals surface area contributed by atoms with Gasteiger partial charge in [0.05, 0.1) is 0 Å². The summed E-state index contributed by atoms with van der Waals surface area (Å²) in [6.45, 7) is 14.7. The Bertz CT molecular complexity index is 1560. The van der Waals surface area contributed by atoms with Crippen LogP contribution in [0, 0.1) is 11.6 Å². The molecule has 3 rings (SSSR count). The van der Waals surface area contributed by atoms with Gasteiger partial charge in [0.15, 0.2) is 23.1 Å². The first-order valence-corrected chi connectivity index (χ1v) is 12.5. The summed E-state index contributed by atoms with van der Waals surface area (Å²) in [6, 6.07) is 12.7. The van der Waals surface area contributed by atoms with Crippen molar-refractivity contribution in [1.29, 1.82) is 0 Å². The topological polar surface area (TPSA) is 97.4 Å². The maximum atomic E-state index is 14.8. The van der Waals surface area contributed by atoms with E-state index >= 15 is 0 Å². The second-order valence-corrected chi connectivity index (χ2v) is 9.08. The Morgan fingerprint density at radius 2 is 1.10 bits per heavy atom. The summed E-state index contributed by atoms with van der Waals surface area (Å²) in [4.78, 5) is 35.6. The van der Waals surface area contributed by atoms with E-state index in [1.54, 1.807) is 0 Å². The van der Waals surface area contributed by atoms with Gasteiger partial charge in [0.1, 0.15) is 24.7 Å². The van der Waals surface area contributed by atoms with Crippen molar-refractivity contribution < 1.29 is 46.8 Å². The van der Waals surface area contributed by atoms with Crippen LogP contribution in [-0.4, -0.2) is 31.1 Å². The molecule has 42 heavy (non-hydrogen) atoms. The van der Waals surface area contributed by atoms with Crippen molar-refractivity contribution in [3.8, 4) is 39.9 Å². The molecule has 0 atom stereocenters. The standard InChI is InChI=1S/C32H28F2O8/c1-18(2)30(35)40-22-9-7-21(8-10-22)24-12-14-26(29(34)28(24)33)39-16-15-38-23-11-13-25(41-31(36)19(3)4)27(17-23)42-32(37)20(5)6/h7-14,17H,1,3,5,15-16H2,2,4,6H3. The fraction of sp³-hybridized carbons (Fsp3) is 0.156. The highest BCUT2D eigenvalue weighted by Gasteiger charge is 2.18. The molecule has 0 N–H and O–H groups in total. The zero-order valence-electron chi connectivity index (χ0n) is 23.3. The molecule has 0 saturated carbocycles. The molecule has 0 bridgehead atoms. The van der Waals surface area contributed by atoms with E-state index in [0.29, 0.717) is 5.56 Å². The van der Waals surface area contributed by atoms with Crippen LogP contribution in [0.3, 0.4) is 0 Å². The average molecular weight is 579 g/mol. The molecule has 10 heteroatoms. The summed E-state index contributed by atoms with van der Waals surface area (Å²) < 4.78 is 56.1. The van der Waals surface area contributed by atoms with Crippen molar-refractivity contribution in [3.63, 3.8) is 0 Å². The summed E-state index contributed by atoms with van der Waals surface area (Å²) in [7, 11) is 0. The average Bonchev–Trinajstić information content (AvgIpc) is 2.94. The first-order valence-electron chi connectivity index (χ1n) is 12.5. The van der Waals surface area contributed by atoms with Gasteiger partial charge >= 0.3 is 17.9 Å². The van der Waals surface area contributed by atoms with Crippen LogP contribution >= 0.6 is 0 Å². The predicted molar refractivity (Wildman–Crippen MR) is 151 cm³/mol. The maximum Gasteiger partial charge on any atom is 0.338 e. The van der Waals surface area contributed by atoms with E-state index in [1.165, 1.54) is 75.4 Å². The molecular formula is C32H28F2O8. The Balaban J connectivity index is 1.65. The molecule has 0 aliphatic heterocycles. The molecule has 218 valence electrons. The number of hydrogen-bond acceptors (Lipinski definition) is 8. The third-order valence-corrected chi connectivity index (χ3v) is 5.40. The van der Waals surface area contributed by atoms with Gasteiger partial charge in [0, 0.05) is 28.3 Å². The number of esters is 3. The summed E-state index contributed by atoms with van der Waals surface area (Å²) in [5, 5.41) is 0. The molecule has 3 aromatic carbocycles. The minimum Gasteiger partial charge on any atom is -0.490 e. The summed E-state index contributed by atoms with van der Waals surface area (Å²) in [5.74, 6) is -4.38. The molecule has 8 nitrogen and oxygen atoms in total. The smallest absolute Gasteiger partial charge is 0.338 e. The zero-order chi connectivity index (χ0) is 31.0. The van der Waals surface area contributed by atoms with E-state index in [-0.39, 0.29) is 64.2 Å². The SMILES string of the molecule is C=C(C)C(=O)Oc1ccc(-c2ccc(OCCOc3ccc(OC(=O)C(=C)C)c(OC(=O)C(=C)C)c3)c(F)c2F)cc1. The third-order valence-electron chi connectivity index (χ3n) is 5.40. The summed E-state index contributed by atoms with van der Waals surface area (Å²) in [5.41, 5.74) is 0.825. The second-order valence-electron chi connectivity index (χ2n) is 9.08. The Morgan fingerprint density at radius 3 is 1.69 bits per heavy atom. The van der Waals surface area contributed by atoms with Crippen molar-refractivity contribution in [2.45, 2.75) is 20.8 Å². The minimum absolute atomic E-state index is 0.0156. The first kappa shape index (κ1) is 31.3. The molecule has 0 saturated heterocycles. The van der Waals surface area contributed by atoms with E-state index < -0.39 is 29.5 Å². The van der Waals surface area contributed by atoms with Crippen molar-refractivity contribution in [2.24, 2.45) is 0 Å². The molecular weight excluding hydrogens is 550 g/mol. The van der Waals surface area contributed by atoms with Gasteiger partial charge < -0.3 is 23.7 Å². The number of rotatable bonds is 12. The van der Waals surface area contributed by atoms with Crippen LogP contribution in [0.4, 0.5) is 8.78 Å². The van der Waals surface area contributed by atoms with E-state index in [9.17, 15) is 23.2 Å². The lowest BCUT2D eigenvalue weighted by Gasteiger charge is -2.14. The van der Waals surface area contributed by atoms with Crippen LogP contribution in [0.15, 0.2) is 91.1 Å². The molecule has 0 amide bonds. The Labute approximate surface area is 241 Å². The molecule has 0 spiro atoms. The number of ether oxygens (including phenoxy) is 5. The molecule has 0 unspecified atom stereocenters. The van der Waals surface area contributed by atoms with Gasteiger partial charge in [0.25, 0.3) is 0 Å². The van der Waals surface area contributed by atoms with Crippen LogP contribution in [-0.2, 0) is 14.4 Å². The fourth-order valence-corrected chi connectivity index (χ4v) is 3.19. The molecule has 0 aromatic heterocycles. The van der Waals surface area contributed by atoms with Gasteiger partial charge in [-0.25, -0.2) is 18.8 Å². The highest BCUT2D eigenvalue weighted by atomic mass is 19.2.